The van der Waals surface area contributed by atoms with Gasteiger partial charge in [0.1, 0.15) is 0 Å². The zero-order chi connectivity index (χ0) is 19.0. The van der Waals surface area contributed by atoms with Gasteiger partial charge in [0.2, 0.25) is 0 Å². The minimum Gasteiger partial charge on any atom is -0.748 e. The predicted octanol–water partition coefficient (Wildman–Crippen LogP) is 3.77. The first-order valence-corrected chi connectivity index (χ1v) is 12.2. The van der Waals surface area contributed by atoms with Gasteiger partial charge in [-0.15, -0.1) is 0 Å². The summed E-state index contributed by atoms with van der Waals surface area (Å²) in [6.45, 7) is 6.09. The van der Waals surface area contributed by atoms with E-state index in [-0.39, 0.29) is 11.7 Å². The average Bonchev–Trinajstić information content (AvgIpc) is 2.54. The largest absolute Gasteiger partial charge is 0.748 e. The first-order valence-electron chi connectivity index (χ1n) is 10.6. The van der Waals surface area contributed by atoms with Gasteiger partial charge in [-0.2, -0.15) is 0 Å². The first kappa shape index (κ1) is 24.9. The fourth-order valence-electron chi connectivity index (χ4n) is 3.47. The van der Waals surface area contributed by atoms with Gasteiger partial charge in [-0.25, -0.2) is 8.42 Å². The Bertz CT molecular complexity index is 384. The van der Waals surface area contributed by atoms with E-state index in [0.717, 1.165) is 19.5 Å². The molecule has 0 aromatic heterocycles. The van der Waals surface area contributed by atoms with Crippen molar-refractivity contribution in [2.24, 2.45) is 5.92 Å². The fraction of sp³-hybridized carbons (Fsp3) is 1.00. The van der Waals surface area contributed by atoms with E-state index in [2.05, 4.69) is 14.0 Å². The fourth-order valence-corrected chi connectivity index (χ4v) is 4.40. The molecular formula is C20H43NO3S. The summed E-state index contributed by atoms with van der Waals surface area (Å²) in [4.78, 5) is 1.35. The number of hydrogen-bond acceptors (Lipinski definition) is 3. The lowest BCUT2D eigenvalue weighted by Gasteiger charge is -2.21. The molecule has 0 bridgehead atoms. The summed E-state index contributed by atoms with van der Waals surface area (Å²) in [6.07, 6.45) is 17.0. The molecule has 152 valence electrons. The molecule has 0 amide bonds. The van der Waals surface area contributed by atoms with Gasteiger partial charge in [0, 0.05) is 11.7 Å². The Morgan fingerprint density at radius 3 is 1.64 bits per heavy atom. The Kier molecular flexibility index (Phi) is 16.0. The highest BCUT2D eigenvalue weighted by Gasteiger charge is 2.15. The van der Waals surface area contributed by atoms with E-state index in [1.54, 1.807) is 0 Å². The van der Waals surface area contributed by atoms with Crippen LogP contribution in [0.15, 0.2) is 0 Å². The van der Waals surface area contributed by atoms with Crippen LogP contribution in [0, 0.1) is 5.92 Å². The molecule has 0 fully saturated rings. The second-order valence-corrected chi connectivity index (χ2v) is 9.25. The van der Waals surface area contributed by atoms with Crippen LogP contribution >= 0.6 is 0 Å². The highest BCUT2D eigenvalue weighted by molar-refractivity contribution is 7.85. The van der Waals surface area contributed by atoms with Gasteiger partial charge in [0.15, 0.2) is 0 Å². The summed E-state index contributed by atoms with van der Waals surface area (Å²) in [5.74, 6) is -0.209. The molecule has 0 radical (unpaired) electrons. The van der Waals surface area contributed by atoms with Crippen molar-refractivity contribution in [2.75, 3.05) is 25.9 Å². The molecule has 0 rings (SSSR count). The van der Waals surface area contributed by atoms with Crippen molar-refractivity contribution in [1.82, 2.24) is 0 Å². The van der Waals surface area contributed by atoms with Gasteiger partial charge in [0.05, 0.1) is 30.3 Å². The summed E-state index contributed by atoms with van der Waals surface area (Å²) in [5.41, 5.74) is 0. The van der Waals surface area contributed by atoms with Gasteiger partial charge < -0.3 is 9.45 Å². The molecule has 0 heterocycles. The standard InChI is InChI=1S/C20H43NO3S/c1-4-6-7-8-9-10-11-12-13-14-15-16-17-21(3)18-20(5-2)19-25(22,23)24/h20H,4-19H2,1-3H3,(H,22,23,24). The van der Waals surface area contributed by atoms with E-state index in [9.17, 15) is 13.0 Å². The molecule has 0 aliphatic rings. The van der Waals surface area contributed by atoms with Crippen LogP contribution in [0.1, 0.15) is 97.3 Å². The maximum absolute atomic E-state index is 10.9. The zero-order valence-electron chi connectivity index (χ0n) is 17.0. The summed E-state index contributed by atoms with van der Waals surface area (Å²) in [6, 6.07) is 0. The van der Waals surface area contributed by atoms with Gasteiger partial charge in [0.25, 0.3) is 0 Å². The van der Waals surface area contributed by atoms with Crippen LogP contribution in [0.25, 0.3) is 0 Å². The summed E-state index contributed by atoms with van der Waals surface area (Å²) < 4.78 is 32.7. The van der Waals surface area contributed by atoms with Crippen LogP contribution in [0.5, 0.6) is 0 Å². The van der Waals surface area contributed by atoms with E-state index in [0.29, 0.717) is 0 Å². The monoisotopic (exact) mass is 377 g/mol. The van der Waals surface area contributed by atoms with Crippen LogP contribution in [0.4, 0.5) is 0 Å². The quantitative estimate of drug-likeness (QED) is 0.292. The molecule has 2 unspecified atom stereocenters. The molecule has 5 heteroatoms. The zero-order valence-corrected chi connectivity index (χ0v) is 17.8. The summed E-state index contributed by atoms with van der Waals surface area (Å²) in [5, 5.41) is 0. The number of unbranched alkanes of at least 4 members (excludes halogenated alkanes) is 11. The average molecular weight is 378 g/mol. The van der Waals surface area contributed by atoms with Crippen molar-refractivity contribution in [3.05, 3.63) is 0 Å². The lowest BCUT2D eigenvalue weighted by Crippen LogP contribution is -3.09. The van der Waals surface area contributed by atoms with Crippen molar-refractivity contribution in [1.29, 1.82) is 0 Å². The molecular weight excluding hydrogens is 334 g/mol. The second kappa shape index (κ2) is 16.1. The van der Waals surface area contributed by atoms with Gasteiger partial charge in [-0.3, -0.25) is 0 Å². The van der Waals surface area contributed by atoms with E-state index < -0.39 is 10.1 Å². The van der Waals surface area contributed by atoms with E-state index >= 15 is 0 Å². The van der Waals surface area contributed by atoms with Crippen LogP contribution in [0.3, 0.4) is 0 Å². The number of rotatable bonds is 18. The van der Waals surface area contributed by atoms with Crippen molar-refractivity contribution in [3.63, 3.8) is 0 Å². The molecule has 0 aliphatic carbocycles. The topological polar surface area (TPSA) is 61.6 Å². The molecule has 0 saturated carbocycles. The Morgan fingerprint density at radius 2 is 1.24 bits per heavy atom. The Labute approximate surface area is 157 Å². The van der Waals surface area contributed by atoms with Gasteiger partial charge in [-0.05, 0) is 19.3 Å². The minimum absolute atomic E-state index is 0.000161. The maximum atomic E-state index is 10.9. The maximum Gasteiger partial charge on any atom is 0.0950 e. The minimum atomic E-state index is -4.09. The van der Waals surface area contributed by atoms with Crippen LogP contribution in [-0.4, -0.2) is 38.9 Å². The molecule has 0 spiro atoms. The Morgan fingerprint density at radius 1 is 0.800 bits per heavy atom. The third-order valence-corrected chi connectivity index (χ3v) is 5.99. The third-order valence-electron chi connectivity index (χ3n) is 5.11. The lowest BCUT2D eigenvalue weighted by molar-refractivity contribution is -0.883. The smallest absolute Gasteiger partial charge is 0.0950 e. The number of nitrogens with one attached hydrogen (secondary N) is 1. The number of hydrogen-bond donors (Lipinski definition) is 1. The molecule has 0 aromatic rings. The van der Waals surface area contributed by atoms with Gasteiger partial charge in [-0.1, -0.05) is 78.1 Å². The Balaban J connectivity index is 3.46. The SMILES string of the molecule is CCCCCCCCCCCCCC[NH+](C)CC(CC)CS(=O)(=O)[O-]. The van der Waals surface area contributed by atoms with Crippen molar-refractivity contribution in [3.8, 4) is 0 Å². The van der Waals surface area contributed by atoms with E-state index in [4.69, 9.17) is 0 Å². The van der Waals surface area contributed by atoms with Crippen LogP contribution in [0.2, 0.25) is 0 Å². The molecule has 25 heavy (non-hydrogen) atoms. The molecule has 0 saturated heterocycles. The molecule has 1 N–H and O–H groups in total. The third kappa shape index (κ3) is 18.5. The van der Waals surface area contributed by atoms with Crippen molar-refractivity contribution in [2.45, 2.75) is 97.3 Å². The summed E-state index contributed by atoms with van der Waals surface area (Å²) in [7, 11) is -1.98. The molecule has 4 nitrogen and oxygen atoms in total. The second-order valence-electron chi connectivity index (χ2n) is 7.80. The van der Waals surface area contributed by atoms with Crippen LogP contribution < -0.4 is 4.90 Å². The van der Waals surface area contributed by atoms with Crippen molar-refractivity contribution < 1.29 is 17.9 Å². The van der Waals surface area contributed by atoms with Gasteiger partial charge >= 0.3 is 0 Å². The molecule has 2 atom stereocenters. The van der Waals surface area contributed by atoms with E-state index in [1.807, 2.05) is 6.92 Å². The summed E-state index contributed by atoms with van der Waals surface area (Å²) >= 11 is 0. The molecule has 0 aliphatic heterocycles. The number of quaternary nitrogens is 1. The molecule has 0 aromatic carbocycles. The van der Waals surface area contributed by atoms with Crippen LogP contribution in [-0.2, 0) is 10.1 Å². The highest BCUT2D eigenvalue weighted by Crippen LogP contribution is 2.11. The normalized spacial score (nSPS) is 14.6. The Hall–Kier alpha value is -0.130. The lowest BCUT2D eigenvalue weighted by atomic mass is 10.0. The highest BCUT2D eigenvalue weighted by atomic mass is 32.2. The van der Waals surface area contributed by atoms with E-state index in [1.165, 1.54) is 81.9 Å². The first-order chi connectivity index (χ1) is 11.9. The van der Waals surface area contributed by atoms with Crippen molar-refractivity contribution >= 4 is 10.1 Å². The predicted molar refractivity (Wildman–Crippen MR) is 106 cm³/mol.